The molecule has 0 aliphatic carbocycles. The maximum absolute atomic E-state index is 3.73. The van der Waals surface area contributed by atoms with E-state index in [1.807, 2.05) is 6.08 Å². The molecular weight excluding hydrogens is 178 g/mol. The molecule has 1 heterocycles. The molecule has 0 aromatic carbocycles. The first kappa shape index (κ1) is 11.1. The normalized spacial score (nSPS) is 27.1. The summed E-state index contributed by atoms with van der Waals surface area (Å²) in [5.74, 6) is 2.59. The highest BCUT2D eigenvalue weighted by Gasteiger charge is 2.27. The Balaban J connectivity index is 2.22. The third-order valence-corrected chi connectivity index (χ3v) is 4.02. The Morgan fingerprint density at radius 3 is 3.00 bits per heavy atom. The molecule has 1 N–H and O–H groups in total. The molecule has 1 atom stereocenters. The largest absolute Gasteiger partial charge is 0.313 e. The smallest absolute Gasteiger partial charge is 0.0163 e. The summed E-state index contributed by atoms with van der Waals surface area (Å²) in [5, 5.41) is 3.59. The fourth-order valence-corrected chi connectivity index (χ4v) is 3.09. The molecule has 0 spiro atoms. The molecule has 0 amide bonds. The fraction of sp³-hybridized carbons (Fsp3) is 0.818. The summed E-state index contributed by atoms with van der Waals surface area (Å²) in [5.41, 5.74) is 0.523. The van der Waals surface area contributed by atoms with Gasteiger partial charge in [0.2, 0.25) is 0 Å². The summed E-state index contributed by atoms with van der Waals surface area (Å²) in [4.78, 5) is 0. The second kappa shape index (κ2) is 5.06. The number of hydrogen-bond donors (Lipinski definition) is 1. The topological polar surface area (TPSA) is 12.0 Å². The Morgan fingerprint density at radius 1 is 1.62 bits per heavy atom. The average Bonchev–Trinajstić information content (AvgIpc) is 2.03. The van der Waals surface area contributed by atoms with Crippen LogP contribution in [0.15, 0.2) is 12.7 Å². The molecule has 0 saturated carbocycles. The quantitative estimate of drug-likeness (QED) is 0.552. The van der Waals surface area contributed by atoms with E-state index in [1.54, 1.807) is 0 Å². The minimum Gasteiger partial charge on any atom is -0.313 e. The standard InChI is InChI=1S/C11H21NS/c1-4-5-6-12-10-7-11(2,3)9-13-8-10/h4,10,12H,1,5-9H2,2-3H3. The lowest BCUT2D eigenvalue weighted by Gasteiger charge is -2.35. The van der Waals surface area contributed by atoms with Gasteiger partial charge in [0.05, 0.1) is 0 Å². The van der Waals surface area contributed by atoms with Crippen molar-refractivity contribution in [2.24, 2.45) is 5.41 Å². The Morgan fingerprint density at radius 2 is 2.38 bits per heavy atom. The second-order valence-corrected chi connectivity index (χ2v) is 5.64. The zero-order chi connectivity index (χ0) is 9.73. The van der Waals surface area contributed by atoms with Crippen LogP contribution in [-0.4, -0.2) is 24.1 Å². The summed E-state index contributed by atoms with van der Waals surface area (Å²) >= 11 is 2.08. The van der Waals surface area contributed by atoms with Crippen molar-refractivity contribution in [1.29, 1.82) is 0 Å². The fourth-order valence-electron chi connectivity index (χ4n) is 1.78. The molecular formula is C11H21NS. The molecule has 1 nitrogen and oxygen atoms in total. The van der Waals surface area contributed by atoms with E-state index < -0.39 is 0 Å². The van der Waals surface area contributed by atoms with Crippen LogP contribution < -0.4 is 5.32 Å². The molecule has 1 saturated heterocycles. The zero-order valence-electron chi connectivity index (χ0n) is 8.81. The van der Waals surface area contributed by atoms with Gasteiger partial charge in [0.1, 0.15) is 0 Å². The predicted molar refractivity (Wildman–Crippen MR) is 62.3 cm³/mol. The van der Waals surface area contributed by atoms with Crippen molar-refractivity contribution >= 4 is 11.8 Å². The summed E-state index contributed by atoms with van der Waals surface area (Å²) in [6, 6.07) is 0.716. The molecule has 1 rings (SSSR count). The van der Waals surface area contributed by atoms with Gasteiger partial charge in [-0.3, -0.25) is 0 Å². The average molecular weight is 199 g/mol. The zero-order valence-corrected chi connectivity index (χ0v) is 9.62. The lowest BCUT2D eigenvalue weighted by molar-refractivity contribution is 0.319. The first-order valence-corrected chi connectivity index (χ1v) is 6.21. The molecule has 1 aliphatic heterocycles. The Labute approximate surface area is 86.4 Å². The van der Waals surface area contributed by atoms with Gasteiger partial charge in [0, 0.05) is 11.8 Å². The predicted octanol–water partition coefficient (Wildman–Crippen LogP) is 2.68. The molecule has 1 fully saturated rings. The molecule has 0 bridgehead atoms. The maximum atomic E-state index is 3.73. The van der Waals surface area contributed by atoms with Gasteiger partial charge in [-0.2, -0.15) is 11.8 Å². The van der Waals surface area contributed by atoms with Gasteiger partial charge >= 0.3 is 0 Å². The van der Waals surface area contributed by atoms with Gasteiger partial charge in [0.15, 0.2) is 0 Å². The van der Waals surface area contributed by atoms with E-state index in [2.05, 4.69) is 37.5 Å². The third kappa shape index (κ3) is 4.19. The minimum atomic E-state index is 0.523. The van der Waals surface area contributed by atoms with E-state index in [0.717, 1.165) is 13.0 Å². The van der Waals surface area contributed by atoms with Crippen LogP contribution >= 0.6 is 11.8 Å². The van der Waals surface area contributed by atoms with E-state index in [0.29, 0.717) is 11.5 Å². The lowest BCUT2D eigenvalue weighted by atomic mass is 9.88. The molecule has 76 valence electrons. The third-order valence-electron chi connectivity index (χ3n) is 2.39. The van der Waals surface area contributed by atoms with Crippen LogP contribution in [0, 0.1) is 5.41 Å². The summed E-state index contributed by atoms with van der Waals surface area (Å²) in [7, 11) is 0. The Kier molecular flexibility index (Phi) is 4.33. The van der Waals surface area contributed by atoms with Crippen LogP contribution in [-0.2, 0) is 0 Å². The van der Waals surface area contributed by atoms with Crippen molar-refractivity contribution < 1.29 is 0 Å². The molecule has 0 radical (unpaired) electrons. The van der Waals surface area contributed by atoms with E-state index in [-0.39, 0.29) is 0 Å². The van der Waals surface area contributed by atoms with Crippen LogP contribution in [0.1, 0.15) is 26.7 Å². The van der Waals surface area contributed by atoms with E-state index in [1.165, 1.54) is 17.9 Å². The van der Waals surface area contributed by atoms with E-state index in [4.69, 9.17) is 0 Å². The molecule has 1 unspecified atom stereocenters. The number of thioether (sulfide) groups is 1. The van der Waals surface area contributed by atoms with E-state index >= 15 is 0 Å². The van der Waals surface area contributed by atoms with Gasteiger partial charge in [-0.1, -0.05) is 19.9 Å². The highest BCUT2D eigenvalue weighted by Crippen LogP contribution is 2.33. The van der Waals surface area contributed by atoms with Crippen LogP contribution in [0.3, 0.4) is 0 Å². The van der Waals surface area contributed by atoms with Crippen LogP contribution in [0.5, 0.6) is 0 Å². The Hall–Kier alpha value is 0.0500. The number of rotatable bonds is 4. The van der Waals surface area contributed by atoms with Gasteiger partial charge < -0.3 is 5.32 Å². The van der Waals surface area contributed by atoms with Crippen molar-refractivity contribution in [3.63, 3.8) is 0 Å². The first-order valence-electron chi connectivity index (χ1n) is 5.06. The minimum absolute atomic E-state index is 0.523. The van der Waals surface area contributed by atoms with Crippen LogP contribution in [0.25, 0.3) is 0 Å². The molecule has 2 heteroatoms. The molecule has 0 aromatic rings. The van der Waals surface area contributed by atoms with Crippen molar-refractivity contribution in [3.05, 3.63) is 12.7 Å². The van der Waals surface area contributed by atoms with Crippen LogP contribution in [0.4, 0.5) is 0 Å². The van der Waals surface area contributed by atoms with Crippen molar-refractivity contribution in [1.82, 2.24) is 5.32 Å². The lowest BCUT2D eigenvalue weighted by Crippen LogP contribution is -2.40. The summed E-state index contributed by atoms with van der Waals surface area (Å²) in [6.45, 7) is 9.54. The number of nitrogens with one attached hydrogen (secondary N) is 1. The molecule has 1 aliphatic rings. The van der Waals surface area contributed by atoms with Gasteiger partial charge in [-0.05, 0) is 30.6 Å². The van der Waals surface area contributed by atoms with Crippen LogP contribution in [0.2, 0.25) is 0 Å². The van der Waals surface area contributed by atoms with Gasteiger partial charge in [-0.25, -0.2) is 0 Å². The summed E-state index contributed by atoms with van der Waals surface area (Å²) in [6.07, 6.45) is 4.38. The highest BCUT2D eigenvalue weighted by atomic mass is 32.2. The van der Waals surface area contributed by atoms with Gasteiger partial charge in [-0.15, -0.1) is 6.58 Å². The van der Waals surface area contributed by atoms with E-state index in [9.17, 15) is 0 Å². The van der Waals surface area contributed by atoms with Crippen molar-refractivity contribution in [2.45, 2.75) is 32.7 Å². The van der Waals surface area contributed by atoms with Gasteiger partial charge in [0.25, 0.3) is 0 Å². The molecule has 13 heavy (non-hydrogen) atoms. The Bertz CT molecular complexity index is 165. The van der Waals surface area contributed by atoms with Crippen molar-refractivity contribution in [3.8, 4) is 0 Å². The van der Waals surface area contributed by atoms with Crippen molar-refractivity contribution in [2.75, 3.05) is 18.1 Å². The number of hydrogen-bond acceptors (Lipinski definition) is 2. The maximum Gasteiger partial charge on any atom is 0.0163 e. The first-order chi connectivity index (χ1) is 6.14. The second-order valence-electron chi connectivity index (χ2n) is 4.61. The highest BCUT2D eigenvalue weighted by molar-refractivity contribution is 7.99. The summed E-state index contributed by atoms with van der Waals surface area (Å²) < 4.78 is 0. The SMILES string of the molecule is C=CCCNC1CSCC(C)(C)C1. The monoisotopic (exact) mass is 199 g/mol. The molecule has 0 aromatic heterocycles.